The predicted octanol–water partition coefficient (Wildman–Crippen LogP) is 2.74. The summed E-state index contributed by atoms with van der Waals surface area (Å²) in [6.45, 7) is 5.00. The molecule has 0 unspecified atom stereocenters. The van der Waals surface area contributed by atoms with Crippen molar-refractivity contribution in [3.63, 3.8) is 0 Å². The molecule has 0 bridgehead atoms. The fraction of sp³-hybridized carbons (Fsp3) is 0.476. The first-order valence-corrected chi connectivity index (χ1v) is 9.83. The van der Waals surface area contributed by atoms with Gasteiger partial charge in [0.1, 0.15) is 12.4 Å². The maximum atomic E-state index is 13.7. The Hall–Kier alpha value is -2.54. The molecule has 148 valence electrons. The largest absolute Gasteiger partial charge is 0.489 e. The van der Waals surface area contributed by atoms with Crippen molar-refractivity contribution in [2.75, 3.05) is 26.2 Å². The smallest absolute Gasteiger partial charge is 0.219 e. The predicted molar refractivity (Wildman–Crippen MR) is 102 cm³/mol. The highest BCUT2D eigenvalue weighted by Crippen LogP contribution is 2.30. The lowest BCUT2D eigenvalue weighted by atomic mass is 10.1. The number of benzene rings is 1. The maximum absolute atomic E-state index is 13.7. The van der Waals surface area contributed by atoms with Gasteiger partial charge in [0.15, 0.2) is 11.6 Å². The Bertz CT molecular complexity index is 860. The summed E-state index contributed by atoms with van der Waals surface area (Å²) in [5, 5.41) is 0. The van der Waals surface area contributed by atoms with Gasteiger partial charge < -0.3 is 9.64 Å². The monoisotopic (exact) mass is 384 g/mol. The number of nitrogens with zero attached hydrogens (tertiary/aromatic N) is 4. The molecule has 2 aliphatic rings. The number of hydrogen-bond acceptors (Lipinski definition) is 5. The molecule has 28 heavy (non-hydrogen) atoms. The van der Waals surface area contributed by atoms with E-state index in [0.29, 0.717) is 32.0 Å². The molecule has 0 N–H and O–H groups in total. The van der Waals surface area contributed by atoms with Crippen molar-refractivity contribution in [1.82, 2.24) is 19.8 Å². The van der Waals surface area contributed by atoms with Crippen molar-refractivity contribution in [3.05, 3.63) is 53.4 Å². The van der Waals surface area contributed by atoms with Crippen LogP contribution in [0.5, 0.6) is 5.75 Å². The number of likely N-dealkylation sites (tertiary alicyclic amines) is 1. The minimum absolute atomic E-state index is 0.0894. The van der Waals surface area contributed by atoms with Gasteiger partial charge in [-0.25, -0.2) is 14.4 Å². The zero-order valence-electron chi connectivity index (χ0n) is 16.1. The lowest BCUT2D eigenvalue weighted by Gasteiger charge is -2.28. The van der Waals surface area contributed by atoms with Gasteiger partial charge in [-0.2, -0.15) is 0 Å². The molecule has 1 aromatic carbocycles. The zero-order valence-corrected chi connectivity index (χ0v) is 16.1. The third-order valence-corrected chi connectivity index (χ3v) is 5.53. The van der Waals surface area contributed by atoms with Crippen LogP contribution in [-0.2, 0) is 17.8 Å². The number of halogens is 1. The first-order valence-electron chi connectivity index (χ1n) is 9.83. The van der Waals surface area contributed by atoms with Gasteiger partial charge in [0.25, 0.3) is 0 Å². The van der Waals surface area contributed by atoms with E-state index in [1.54, 1.807) is 25.1 Å². The second-order valence-electron chi connectivity index (χ2n) is 7.36. The number of rotatable bonds is 5. The molecule has 2 aromatic rings. The topological polar surface area (TPSA) is 58.6 Å². The Labute approximate surface area is 164 Å². The van der Waals surface area contributed by atoms with E-state index in [-0.39, 0.29) is 17.8 Å². The highest BCUT2D eigenvalue weighted by molar-refractivity contribution is 5.73. The number of fused-ring (bicyclic) bond motifs is 1. The van der Waals surface area contributed by atoms with Gasteiger partial charge in [0.05, 0.1) is 11.7 Å². The fourth-order valence-electron chi connectivity index (χ4n) is 3.98. The van der Waals surface area contributed by atoms with Gasteiger partial charge >= 0.3 is 0 Å². The van der Waals surface area contributed by atoms with Crippen molar-refractivity contribution in [3.8, 4) is 5.75 Å². The quantitative estimate of drug-likeness (QED) is 0.793. The zero-order chi connectivity index (χ0) is 19.5. The number of carbonyl (C=O) groups excluding carboxylic acids is 1. The van der Waals surface area contributed by atoms with E-state index in [1.807, 2.05) is 11.1 Å². The standard InChI is InChI=1S/C21H25FN4O2/c1-15(27)26-10-8-18-16(14-26)13-23-21(24-18)19-6-4-9-25(19)11-12-28-20-7-3-2-5-17(20)22/h2-3,5,7,13,19H,4,6,8-12,14H2,1H3/t19-/m0/s1. The van der Waals surface area contributed by atoms with Crippen LogP contribution in [0.4, 0.5) is 4.39 Å². The Morgan fingerprint density at radius 3 is 3.00 bits per heavy atom. The number of aromatic nitrogens is 2. The van der Waals surface area contributed by atoms with Crippen LogP contribution in [-0.4, -0.2) is 51.9 Å². The van der Waals surface area contributed by atoms with Gasteiger partial charge in [-0.15, -0.1) is 0 Å². The minimum atomic E-state index is -0.335. The lowest BCUT2D eigenvalue weighted by molar-refractivity contribution is -0.129. The third-order valence-electron chi connectivity index (χ3n) is 5.53. The van der Waals surface area contributed by atoms with Crippen molar-refractivity contribution in [2.45, 2.75) is 38.8 Å². The molecule has 6 nitrogen and oxygen atoms in total. The molecule has 0 radical (unpaired) electrons. The summed E-state index contributed by atoms with van der Waals surface area (Å²) >= 11 is 0. The molecular formula is C21H25FN4O2. The minimum Gasteiger partial charge on any atom is -0.489 e. The Kier molecular flexibility index (Phi) is 5.52. The van der Waals surface area contributed by atoms with E-state index in [9.17, 15) is 9.18 Å². The molecular weight excluding hydrogens is 359 g/mol. The summed E-state index contributed by atoms with van der Waals surface area (Å²) in [6, 6.07) is 6.64. The molecule has 2 aliphatic heterocycles. The number of para-hydroxylation sites is 1. The van der Waals surface area contributed by atoms with Crippen LogP contribution in [0.2, 0.25) is 0 Å². The van der Waals surface area contributed by atoms with Crippen LogP contribution in [0.25, 0.3) is 0 Å². The molecule has 0 saturated carbocycles. The van der Waals surface area contributed by atoms with Gasteiger partial charge in [-0.05, 0) is 31.5 Å². The van der Waals surface area contributed by atoms with E-state index in [0.717, 1.165) is 42.9 Å². The van der Waals surface area contributed by atoms with Crippen LogP contribution < -0.4 is 4.74 Å². The molecule has 7 heteroatoms. The van der Waals surface area contributed by atoms with Crippen LogP contribution in [0.1, 0.15) is 42.9 Å². The van der Waals surface area contributed by atoms with Gasteiger partial charge in [0.2, 0.25) is 5.91 Å². The number of ether oxygens (including phenoxy) is 1. The summed E-state index contributed by atoms with van der Waals surface area (Å²) in [7, 11) is 0. The number of hydrogen-bond donors (Lipinski definition) is 0. The molecule has 0 aliphatic carbocycles. The van der Waals surface area contributed by atoms with Crippen molar-refractivity contribution >= 4 is 5.91 Å². The summed E-state index contributed by atoms with van der Waals surface area (Å²) in [5.41, 5.74) is 2.09. The van der Waals surface area contributed by atoms with Gasteiger partial charge in [-0.3, -0.25) is 9.69 Å². The van der Waals surface area contributed by atoms with Crippen LogP contribution in [0.3, 0.4) is 0 Å². The molecule has 3 heterocycles. The number of amides is 1. The van der Waals surface area contributed by atoms with Crippen LogP contribution >= 0.6 is 0 Å². The number of carbonyl (C=O) groups is 1. The Morgan fingerprint density at radius 2 is 2.18 bits per heavy atom. The second kappa shape index (κ2) is 8.22. The normalized spacial score (nSPS) is 19.5. The first kappa shape index (κ1) is 18.8. The highest BCUT2D eigenvalue weighted by Gasteiger charge is 2.29. The van der Waals surface area contributed by atoms with Crippen LogP contribution in [0, 0.1) is 5.82 Å². The SMILES string of the molecule is CC(=O)N1CCc2nc([C@@H]3CCCN3CCOc3ccccc3F)ncc2C1. The molecule has 1 atom stereocenters. The average Bonchev–Trinajstić information content (AvgIpc) is 3.17. The fourth-order valence-corrected chi connectivity index (χ4v) is 3.98. The molecule has 1 aromatic heterocycles. The molecule has 1 fully saturated rings. The van der Waals surface area contributed by atoms with Crippen molar-refractivity contribution in [2.24, 2.45) is 0 Å². The summed E-state index contributed by atoms with van der Waals surface area (Å²) in [6.07, 6.45) is 4.74. The maximum Gasteiger partial charge on any atom is 0.219 e. The first-order chi connectivity index (χ1) is 13.6. The van der Waals surface area contributed by atoms with E-state index in [1.165, 1.54) is 6.07 Å². The second-order valence-corrected chi connectivity index (χ2v) is 7.36. The Balaban J connectivity index is 1.40. The molecule has 1 amide bonds. The van der Waals surface area contributed by atoms with E-state index < -0.39 is 0 Å². The van der Waals surface area contributed by atoms with E-state index in [4.69, 9.17) is 9.72 Å². The summed E-state index contributed by atoms with van der Waals surface area (Å²) < 4.78 is 19.3. The third kappa shape index (κ3) is 3.99. The highest BCUT2D eigenvalue weighted by atomic mass is 19.1. The molecule has 4 rings (SSSR count). The van der Waals surface area contributed by atoms with Gasteiger partial charge in [-0.1, -0.05) is 12.1 Å². The summed E-state index contributed by atoms with van der Waals surface area (Å²) in [4.78, 5) is 25.2. The average molecular weight is 384 g/mol. The lowest BCUT2D eigenvalue weighted by Crippen LogP contribution is -2.35. The molecule has 0 spiro atoms. The summed E-state index contributed by atoms with van der Waals surface area (Å²) in [5.74, 6) is 0.890. The van der Waals surface area contributed by atoms with Crippen molar-refractivity contribution in [1.29, 1.82) is 0 Å². The van der Waals surface area contributed by atoms with Crippen LogP contribution in [0.15, 0.2) is 30.5 Å². The van der Waals surface area contributed by atoms with Gasteiger partial charge in [0, 0.05) is 44.7 Å². The van der Waals surface area contributed by atoms with E-state index in [2.05, 4.69) is 9.88 Å². The Morgan fingerprint density at radius 1 is 1.32 bits per heavy atom. The van der Waals surface area contributed by atoms with E-state index >= 15 is 0 Å². The molecule has 1 saturated heterocycles. The van der Waals surface area contributed by atoms with Crippen molar-refractivity contribution < 1.29 is 13.9 Å².